The third-order valence-corrected chi connectivity index (χ3v) is 4.16. The van der Waals surface area contributed by atoms with Crippen LogP contribution in [0.15, 0.2) is 42.5 Å². The van der Waals surface area contributed by atoms with E-state index in [9.17, 15) is 18.0 Å². The minimum Gasteiger partial charge on any atom is -0.457 e. The van der Waals surface area contributed by atoms with Gasteiger partial charge in [-0.1, -0.05) is 12.1 Å². The van der Waals surface area contributed by atoms with Crippen molar-refractivity contribution in [1.82, 2.24) is 4.90 Å². The molecule has 4 nitrogen and oxygen atoms in total. The summed E-state index contributed by atoms with van der Waals surface area (Å²) in [6.45, 7) is 0.961. The van der Waals surface area contributed by atoms with Crippen molar-refractivity contribution in [2.75, 3.05) is 13.1 Å². The Hall–Kier alpha value is -2.54. The molecule has 1 heterocycles. The third-order valence-electron chi connectivity index (χ3n) is 4.16. The van der Waals surface area contributed by atoms with Crippen molar-refractivity contribution in [1.29, 1.82) is 0 Å². The summed E-state index contributed by atoms with van der Waals surface area (Å²) in [4.78, 5) is 13.4. The molecule has 25 heavy (non-hydrogen) atoms. The van der Waals surface area contributed by atoms with Crippen LogP contribution >= 0.6 is 0 Å². The summed E-state index contributed by atoms with van der Waals surface area (Å²) in [7, 11) is 0. The highest BCUT2D eigenvalue weighted by Gasteiger charge is 2.30. The van der Waals surface area contributed by atoms with Gasteiger partial charge in [-0.2, -0.15) is 13.2 Å². The number of ether oxygens (including phenoxy) is 1. The van der Waals surface area contributed by atoms with Crippen molar-refractivity contribution in [2.24, 2.45) is 5.73 Å². The monoisotopic (exact) mass is 350 g/mol. The van der Waals surface area contributed by atoms with Crippen molar-refractivity contribution in [3.63, 3.8) is 0 Å². The zero-order chi connectivity index (χ0) is 18.0. The molecule has 2 N–H and O–H groups in total. The second-order valence-electron chi connectivity index (χ2n) is 5.79. The quantitative estimate of drug-likeness (QED) is 0.924. The highest BCUT2D eigenvalue weighted by molar-refractivity contribution is 5.78. The standard InChI is InChI=1S/C18H17F3N2O2/c19-18(20,21)13-4-6-14(7-5-13)25-16-3-1-2-12-11-23(17(24)10-22)9-8-15(12)16/h1-7H,8-11,22H2. The first-order valence-electron chi connectivity index (χ1n) is 7.82. The fourth-order valence-electron chi connectivity index (χ4n) is 2.85. The van der Waals surface area contributed by atoms with Gasteiger partial charge < -0.3 is 15.4 Å². The predicted octanol–water partition coefficient (Wildman–Crippen LogP) is 3.34. The van der Waals surface area contributed by atoms with E-state index in [4.69, 9.17) is 10.5 Å². The molecule has 1 amide bonds. The van der Waals surface area contributed by atoms with Gasteiger partial charge >= 0.3 is 6.18 Å². The van der Waals surface area contributed by atoms with Gasteiger partial charge in [-0.15, -0.1) is 0 Å². The molecule has 0 aliphatic carbocycles. The lowest BCUT2D eigenvalue weighted by Crippen LogP contribution is -2.39. The normalized spacial score (nSPS) is 14.2. The third kappa shape index (κ3) is 3.76. The molecule has 0 radical (unpaired) electrons. The number of alkyl halides is 3. The average Bonchev–Trinajstić information content (AvgIpc) is 2.60. The van der Waals surface area contributed by atoms with Crippen molar-refractivity contribution >= 4 is 5.91 Å². The number of fused-ring (bicyclic) bond motifs is 1. The molecule has 7 heteroatoms. The van der Waals surface area contributed by atoms with Crippen molar-refractivity contribution in [3.8, 4) is 11.5 Å². The molecule has 0 aromatic heterocycles. The number of nitrogens with zero attached hydrogens (tertiary/aromatic N) is 1. The van der Waals surface area contributed by atoms with Crippen LogP contribution in [0, 0.1) is 0 Å². The molecule has 0 unspecified atom stereocenters. The van der Waals surface area contributed by atoms with E-state index in [1.807, 2.05) is 6.07 Å². The van der Waals surface area contributed by atoms with Gasteiger partial charge in [0.2, 0.25) is 5.91 Å². The number of halogens is 3. The molecular formula is C18H17F3N2O2. The summed E-state index contributed by atoms with van der Waals surface area (Å²) in [6.07, 6.45) is -3.76. The predicted molar refractivity (Wildman–Crippen MR) is 86.1 cm³/mol. The molecule has 3 rings (SSSR count). The van der Waals surface area contributed by atoms with Crippen LogP contribution in [0.25, 0.3) is 0 Å². The van der Waals surface area contributed by atoms with E-state index in [0.29, 0.717) is 31.0 Å². The first-order valence-corrected chi connectivity index (χ1v) is 7.82. The first-order chi connectivity index (χ1) is 11.9. The highest BCUT2D eigenvalue weighted by atomic mass is 19.4. The van der Waals surface area contributed by atoms with E-state index in [0.717, 1.165) is 23.3 Å². The van der Waals surface area contributed by atoms with Crippen LogP contribution in [-0.2, 0) is 23.9 Å². The van der Waals surface area contributed by atoms with Crippen LogP contribution in [0.5, 0.6) is 11.5 Å². The lowest BCUT2D eigenvalue weighted by molar-refractivity contribution is -0.137. The summed E-state index contributed by atoms with van der Waals surface area (Å²) in [5.74, 6) is 0.818. The molecule has 132 valence electrons. The Morgan fingerprint density at radius 3 is 2.52 bits per heavy atom. The van der Waals surface area contributed by atoms with Crippen molar-refractivity contribution in [2.45, 2.75) is 19.1 Å². The highest BCUT2D eigenvalue weighted by Crippen LogP contribution is 2.34. The van der Waals surface area contributed by atoms with Gasteiger partial charge in [0.15, 0.2) is 0 Å². The number of carbonyl (C=O) groups excluding carboxylic acids is 1. The van der Waals surface area contributed by atoms with Gasteiger partial charge in [-0.3, -0.25) is 4.79 Å². The summed E-state index contributed by atoms with van der Waals surface area (Å²) < 4.78 is 43.6. The molecule has 0 saturated carbocycles. The lowest BCUT2D eigenvalue weighted by Gasteiger charge is -2.29. The molecule has 2 aromatic carbocycles. The van der Waals surface area contributed by atoms with Gasteiger partial charge in [0.1, 0.15) is 11.5 Å². The van der Waals surface area contributed by atoms with E-state index in [1.54, 1.807) is 17.0 Å². The minimum atomic E-state index is -4.37. The number of carbonyl (C=O) groups is 1. The molecule has 0 spiro atoms. The fourth-order valence-corrected chi connectivity index (χ4v) is 2.85. The number of benzene rings is 2. The van der Waals surface area contributed by atoms with Gasteiger partial charge in [-0.25, -0.2) is 0 Å². The smallest absolute Gasteiger partial charge is 0.416 e. The van der Waals surface area contributed by atoms with E-state index >= 15 is 0 Å². The molecule has 1 aliphatic rings. The van der Waals surface area contributed by atoms with Crippen LogP contribution in [0.4, 0.5) is 13.2 Å². The van der Waals surface area contributed by atoms with Gasteiger partial charge in [0.05, 0.1) is 12.1 Å². The minimum absolute atomic E-state index is 0.0307. The maximum atomic E-state index is 12.6. The van der Waals surface area contributed by atoms with Crippen molar-refractivity contribution in [3.05, 3.63) is 59.2 Å². The van der Waals surface area contributed by atoms with Crippen LogP contribution in [-0.4, -0.2) is 23.9 Å². The van der Waals surface area contributed by atoms with Crippen LogP contribution in [0.1, 0.15) is 16.7 Å². The molecule has 2 aromatic rings. The van der Waals surface area contributed by atoms with E-state index in [2.05, 4.69) is 0 Å². The van der Waals surface area contributed by atoms with Gasteiger partial charge in [-0.05, 0) is 42.3 Å². The molecule has 1 aliphatic heterocycles. The molecule has 0 fully saturated rings. The second kappa shape index (κ2) is 6.76. The molecule has 0 atom stereocenters. The van der Waals surface area contributed by atoms with E-state index in [-0.39, 0.29) is 12.5 Å². The second-order valence-corrected chi connectivity index (χ2v) is 5.79. The maximum Gasteiger partial charge on any atom is 0.416 e. The Balaban J connectivity index is 1.80. The Labute approximate surface area is 143 Å². The number of hydrogen-bond donors (Lipinski definition) is 1. The maximum absolute atomic E-state index is 12.6. The topological polar surface area (TPSA) is 55.6 Å². The Bertz CT molecular complexity index is 773. The summed E-state index contributed by atoms with van der Waals surface area (Å²) >= 11 is 0. The summed E-state index contributed by atoms with van der Waals surface area (Å²) in [6, 6.07) is 10.1. The number of hydrogen-bond acceptors (Lipinski definition) is 3. The van der Waals surface area contributed by atoms with Gasteiger partial charge in [0, 0.05) is 18.7 Å². The molecular weight excluding hydrogens is 333 g/mol. The fraction of sp³-hybridized carbons (Fsp3) is 0.278. The van der Waals surface area contributed by atoms with Gasteiger partial charge in [0.25, 0.3) is 0 Å². The summed E-state index contributed by atoms with van der Waals surface area (Å²) in [5.41, 5.74) is 6.60. The Morgan fingerprint density at radius 2 is 1.88 bits per heavy atom. The van der Waals surface area contributed by atoms with Crippen LogP contribution < -0.4 is 10.5 Å². The summed E-state index contributed by atoms with van der Waals surface area (Å²) in [5, 5.41) is 0. The van der Waals surface area contributed by atoms with Crippen molar-refractivity contribution < 1.29 is 22.7 Å². The average molecular weight is 350 g/mol. The van der Waals surface area contributed by atoms with Crippen LogP contribution in [0.2, 0.25) is 0 Å². The van der Waals surface area contributed by atoms with E-state index in [1.165, 1.54) is 12.1 Å². The first kappa shape index (κ1) is 17.3. The lowest BCUT2D eigenvalue weighted by atomic mass is 9.98. The Morgan fingerprint density at radius 1 is 1.16 bits per heavy atom. The zero-order valence-corrected chi connectivity index (χ0v) is 13.3. The van der Waals surface area contributed by atoms with Crippen LogP contribution in [0.3, 0.4) is 0 Å². The number of nitrogens with two attached hydrogens (primary N) is 1. The molecule has 0 saturated heterocycles. The molecule has 0 bridgehead atoms. The van der Waals surface area contributed by atoms with E-state index < -0.39 is 11.7 Å². The number of rotatable bonds is 3. The largest absolute Gasteiger partial charge is 0.457 e. The Kier molecular flexibility index (Phi) is 4.67. The zero-order valence-electron chi connectivity index (χ0n) is 13.3. The SMILES string of the molecule is NCC(=O)N1CCc2c(cccc2Oc2ccc(C(F)(F)F)cc2)C1. The number of amides is 1.